The average molecular weight is 119 g/mol. The average Bonchev–Trinajstić information content (AvgIpc) is 0.722. The van der Waals surface area contributed by atoms with Crippen LogP contribution >= 0.6 is 11.6 Å². The van der Waals surface area contributed by atoms with E-state index in [2.05, 4.69) is 20.5 Å². The monoisotopic (exact) mass is 118 g/mol. The molecule has 0 unspecified atom stereocenters. The third-order valence-electron chi connectivity index (χ3n) is 0. The second-order valence-electron chi connectivity index (χ2n) is 1.00. The minimum Gasteiger partial charge on any atom is -0.128 e. The summed E-state index contributed by atoms with van der Waals surface area (Å²) in [5, 5.41) is 0. The van der Waals surface area contributed by atoms with Crippen molar-refractivity contribution in [2.24, 2.45) is 0 Å². The molecule has 0 atom stereocenters. The number of hydrogen-bond donors (Lipinski definition) is 0. The van der Waals surface area contributed by atoms with Crippen LogP contribution in [0.5, 0.6) is 0 Å². The lowest BCUT2D eigenvalue weighted by atomic mass is 10.9. The van der Waals surface area contributed by atoms with Crippen molar-refractivity contribution in [1.29, 1.82) is 0 Å². The molecule has 0 aromatic heterocycles. The Bertz CT molecular complexity index is 23.1. The second-order valence-corrected chi connectivity index (χ2v) is 4.89. The van der Waals surface area contributed by atoms with Gasteiger partial charge in [0.25, 0.3) is 0 Å². The van der Waals surface area contributed by atoms with Crippen molar-refractivity contribution < 1.29 is 0 Å². The summed E-state index contributed by atoms with van der Waals surface area (Å²) in [7, 11) is 6.20. The molecule has 6 radical (unpaired) electrons. The van der Waals surface area contributed by atoms with Crippen molar-refractivity contribution >= 4 is 32.1 Å². The number of halogens is 1. The SMILES string of the molecule is CC([Si])([Si])Cl. The van der Waals surface area contributed by atoms with Crippen LogP contribution in [0.1, 0.15) is 6.92 Å². The van der Waals surface area contributed by atoms with Gasteiger partial charge in [0, 0.05) is 24.6 Å². The van der Waals surface area contributed by atoms with Crippen molar-refractivity contribution in [3.05, 3.63) is 0 Å². The maximum absolute atomic E-state index is 5.36. The third-order valence-corrected chi connectivity index (χ3v) is 0. The highest BCUT2D eigenvalue weighted by atomic mass is 35.5. The lowest BCUT2D eigenvalue weighted by molar-refractivity contribution is 1.26. The van der Waals surface area contributed by atoms with Gasteiger partial charge in [0.05, 0.1) is 0 Å². The normalized spacial score (nSPS) is 12.0. The largest absolute Gasteiger partial charge is 0.128 e. The van der Waals surface area contributed by atoms with Crippen LogP contribution in [0.25, 0.3) is 0 Å². The molecule has 0 N–H and O–H groups in total. The van der Waals surface area contributed by atoms with Gasteiger partial charge in [-0.2, -0.15) is 0 Å². The molecule has 0 aliphatic rings. The predicted octanol–water partition coefficient (Wildman–Crippen LogP) is 0.236. The molecule has 0 saturated carbocycles. The molecule has 0 aliphatic heterocycles. The maximum atomic E-state index is 5.36. The standard InChI is InChI=1S/C2H3ClSi2/c1-2(3,4)5/h1H3. The molecule has 0 aliphatic carbocycles. The van der Waals surface area contributed by atoms with Crippen molar-refractivity contribution in [3.63, 3.8) is 0 Å². The zero-order valence-corrected chi connectivity index (χ0v) is 5.63. The van der Waals surface area contributed by atoms with E-state index in [9.17, 15) is 0 Å². The first-order chi connectivity index (χ1) is 2.00. The molecule has 0 fully saturated rings. The Morgan fingerprint density at radius 3 is 1.60 bits per heavy atom. The summed E-state index contributed by atoms with van der Waals surface area (Å²) in [5.41, 5.74) is 0. The smallest absolute Gasteiger partial charge is 0.0474 e. The molecule has 0 heterocycles. The third kappa shape index (κ3) is 66.9. The van der Waals surface area contributed by atoms with Gasteiger partial charge < -0.3 is 0 Å². The number of hydrogen-bond acceptors (Lipinski definition) is 0. The highest BCUT2D eigenvalue weighted by molar-refractivity contribution is 6.62. The Kier molecular flexibility index (Phi) is 1.66. The fourth-order valence-electron chi connectivity index (χ4n) is 0. The van der Waals surface area contributed by atoms with E-state index in [0.29, 0.717) is 0 Å². The fourth-order valence-corrected chi connectivity index (χ4v) is 0. The molecule has 0 nitrogen and oxygen atoms in total. The van der Waals surface area contributed by atoms with Crippen LogP contribution in [0.15, 0.2) is 0 Å². The Labute approximate surface area is 43.7 Å². The lowest BCUT2D eigenvalue weighted by Crippen LogP contribution is -2.14. The predicted molar refractivity (Wildman–Crippen MR) is 25.8 cm³/mol. The van der Waals surface area contributed by atoms with Crippen LogP contribution < -0.4 is 0 Å². The summed E-state index contributed by atoms with van der Waals surface area (Å²) in [6.07, 6.45) is 0. The minimum absolute atomic E-state index is 0.417. The van der Waals surface area contributed by atoms with Crippen molar-refractivity contribution in [3.8, 4) is 0 Å². The summed E-state index contributed by atoms with van der Waals surface area (Å²) in [6, 6.07) is 0. The molecule has 0 amide bonds. The number of alkyl halides is 1. The van der Waals surface area contributed by atoms with Gasteiger partial charge >= 0.3 is 0 Å². The van der Waals surface area contributed by atoms with Gasteiger partial charge in [-0.25, -0.2) is 0 Å². The van der Waals surface area contributed by atoms with Crippen LogP contribution in [0.2, 0.25) is 0 Å². The highest BCUT2D eigenvalue weighted by Gasteiger charge is 2.00. The molecule has 5 heavy (non-hydrogen) atoms. The molecule has 0 aromatic carbocycles. The highest BCUT2D eigenvalue weighted by Crippen LogP contribution is 1.97. The molecule has 3 heteroatoms. The van der Waals surface area contributed by atoms with Crippen LogP contribution in [0.3, 0.4) is 0 Å². The maximum Gasteiger partial charge on any atom is 0.0474 e. The summed E-state index contributed by atoms with van der Waals surface area (Å²) < 4.78 is -0.417. The van der Waals surface area contributed by atoms with Crippen LogP contribution in [0.4, 0.5) is 0 Å². The first-order valence-electron chi connectivity index (χ1n) is 1.19. The van der Waals surface area contributed by atoms with E-state index < -0.39 is 4.12 Å². The molecule has 26 valence electrons. The van der Waals surface area contributed by atoms with Gasteiger partial charge in [-0.1, -0.05) is 6.92 Å². The Balaban J connectivity index is 3.02. The van der Waals surface area contributed by atoms with Gasteiger partial charge in [-0.3, -0.25) is 0 Å². The van der Waals surface area contributed by atoms with Crippen LogP contribution in [0, 0.1) is 0 Å². The fraction of sp³-hybridized carbons (Fsp3) is 1.00. The lowest BCUT2D eigenvalue weighted by Gasteiger charge is -2.00. The van der Waals surface area contributed by atoms with E-state index in [-0.39, 0.29) is 0 Å². The quantitative estimate of drug-likeness (QED) is 0.316. The summed E-state index contributed by atoms with van der Waals surface area (Å²) in [6.45, 7) is 1.78. The zero-order valence-electron chi connectivity index (χ0n) is 2.88. The van der Waals surface area contributed by atoms with E-state index in [0.717, 1.165) is 0 Å². The van der Waals surface area contributed by atoms with Crippen molar-refractivity contribution in [2.75, 3.05) is 0 Å². The van der Waals surface area contributed by atoms with Crippen LogP contribution in [-0.4, -0.2) is 24.6 Å². The zero-order chi connectivity index (χ0) is 4.50. The molecule has 0 saturated heterocycles. The van der Waals surface area contributed by atoms with Gasteiger partial charge in [-0.05, 0) is 0 Å². The molecule has 0 rings (SSSR count). The van der Waals surface area contributed by atoms with E-state index in [4.69, 9.17) is 11.6 Å². The topological polar surface area (TPSA) is 0 Å². The molecule has 0 spiro atoms. The Morgan fingerprint density at radius 1 is 1.60 bits per heavy atom. The summed E-state index contributed by atoms with van der Waals surface area (Å²) in [4.78, 5) is 0. The molecule has 0 bridgehead atoms. The molecular weight excluding hydrogens is 116 g/mol. The number of rotatable bonds is 0. The van der Waals surface area contributed by atoms with E-state index >= 15 is 0 Å². The Hall–Kier alpha value is 0.724. The molecule has 0 aromatic rings. The van der Waals surface area contributed by atoms with Gasteiger partial charge in [0.15, 0.2) is 0 Å². The Morgan fingerprint density at radius 2 is 1.60 bits per heavy atom. The summed E-state index contributed by atoms with van der Waals surface area (Å²) in [5.74, 6) is 0. The van der Waals surface area contributed by atoms with E-state index in [1.54, 1.807) is 6.92 Å². The van der Waals surface area contributed by atoms with E-state index in [1.807, 2.05) is 0 Å². The first-order valence-corrected chi connectivity index (χ1v) is 2.57. The second kappa shape index (κ2) is 1.45. The van der Waals surface area contributed by atoms with Crippen molar-refractivity contribution in [2.45, 2.75) is 11.0 Å². The van der Waals surface area contributed by atoms with Crippen LogP contribution in [-0.2, 0) is 0 Å². The first kappa shape index (κ1) is 5.72. The minimum atomic E-state index is -0.417. The van der Waals surface area contributed by atoms with Gasteiger partial charge in [0.2, 0.25) is 0 Å². The molecular formula is C2H3ClSi2. The van der Waals surface area contributed by atoms with Crippen molar-refractivity contribution in [1.82, 2.24) is 0 Å². The van der Waals surface area contributed by atoms with Gasteiger partial charge in [0.1, 0.15) is 0 Å². The summed E-state index contributed by atoms with van der Waals surface area (Å²) >= 11 is 5.36. The van der Waals surface area contributed by atoms with E-state index in [1.165, 1.54) is 0 Å². The van der Waals surface area contributed by atoms with Gasteiger partial charge in [-0.15, -0.1) is 11.6 Å².